The van der Waals surface area contributed by atoms with Crippen LogP contribution in [0, 0.1) is 0 Å². The van der Waals surface area contributed by atoms with Gasteiger partial charge in [0.1, 0.15) is 0 Å². The van der Waals surface area contributed by atoms with E-state index in [0.29, 0.717) is 10.6 Å². The zero-order valence-electron chi connectivity index (χ0n) is 14.2. The van der Waals surface area contributed by atoms with Crippen molar-refractivity contribution in [3.63, 3.8) is 0 Å². The fourth-order valence-corrected chi connectivity index (χ4v) is 5.49. The second-order valence-electron chi connectivity index (χ2n) is 7.18. The number of thioether (sulfide) groups is 1. The van der Waals surface area contributed by atoms with Crippen molar-refractivity contribution in [3.05, 3.63) is 34.3 Å². The summed E-state index contributed by atoms with van der Waals surface area (Å²) in [4.78, 5) is 30.1. The third-order valence-electron chi connectivity index (χ3n) is 5.56. The first-order chi connectivity index (χ1) is 12.1. The van der Waals surface area contributed by atoms with Gasteiger partial charge in [0.05, 0.1) is 12.0 Å². The summed E-state index contributed by atoms with van der Waals surface area (Å²) in [6.07, 6.45) is 2.81. The number of fused-ring (bicyclic) bond motifs is 1. The molecule has 4 rings (SSSR count). The molecule has 4 nitrogen and oxygen atoms in total. The average Bonchev–Trinajstić information content (AvgIpc) is 3.23. The lowest BCUT2D eigenvalue weighted by Crippen LogP contribution is -2.52. The number of hydrogen-bond donors (Lipinski definition) is 0. The fourth-order valence-electron chi connectivity index (χ4n) is 4.26. The van der Waals surface area contributed by atoms with Crippen LogP contribution in [0.1, 0.15) is 41.1 Å². The highest BCUT2D eigenvalue weighted by atomic mass is 35.5. The van der Waals surface area contributed by atoms with Gasteiger partial charge in [-0.05, 0) is 49.7 Å². The van der Waals surface area contributed by atoms with E-state index in [2.05, 4.69) is 4.90 Å². The highest BCUT2D eigenvalue weighted by Crippen LogP contribution is 2.37. The van der Waals surface area contributed by atoms with Crippen molar-refractivity contribution in [2.24, 2.45) is 0 Å². The molecule has 3 aliphatic rings. The highest BCUT2D eigenvalue weighted by Gasteiger charge is 2.39. The van der Waals surface area contributed by atoms with Crippen LogP contribution in [0.25, 0.3) is 0 Å². The van der Waals surface area contributed by atoms with Crippen LogP contribution in [0.2, 0.25) is 5.02 Å². The molecule has 1 aromatic rings. The van der Waals surface area contributed by atoms with Crippen molar-refractivity contribution in [1.82, 2.24) is 9.80 Å². The Kier molecular flexibility index (Phi) is 5.07. The van der Waals surface area contributed by atoms with Gasteiger partial charge in [-0.15, -0.1) is 0 Å². The zero-order valence-corrected chi connectivity index (χ0v) is 15.8. The van der Waals surface area contributed by atoms with E-state index >= 15 is 0 Å². The number of halogens is 1. The summed E-state index contributed by atoms with van der Waals surface area (Å²) in [6.45, 7) is 4.03. The number of nitrogens with zero attached hydrogens (tertiary/aromatic N) is 2. The fraction of sp³-hybridized carbons (Fsp3) is 0.579. The average molecular weight is 379 g/mol. The van der Waals surface area contributed by atoms with E-state index in [1.54, 1.807) is 18.2 Å². The van der Waals surface area contributed by atoms with Crippen molar-refractivity contribution in [3.8, 4) is 0 Å². The lowest BCUT2D eigenvalue weighted by atomic mass is 9.99. The normalized spacial score (nSPS) is 26.9. The number of benzene rings is 1. The van der Waals surface area contributed by atoms with E-state index in [1.807, 2.05) is 16.7 Å². The monoisotopic (exact) mass is 378 g/mol. The zero-order chi connectivity index (χ0) is 17.4. The number of ketones is 1. The van der Waals surface area contributed by atoms with Crippen LogP contribution in [-0.4, -0.2) is 65.2 Å². The summed E-state index contributed by atoms with van der Waals surface area (Å²) >= 11 is 8.05. The minimum atomic E-state index is -0.356. The summed E-state index contributed by atoms with van der Waals surface area (Å²) in [5, 5.41) is 0.592. The molecular weight excluding hydrogens is 356 g/mol. The first-order valence-electron chi connectivity index (χ1n) is 9.06. The Hall–Kier alpha value is -1.04. The molecule has 2 saturated heterocycles. The maximum Gasteiger partial charge on any atom is 0.230 e. The smallest absolute Gasteiger partial charge is 0.230 e. The van der Waals surface area contributed by atoms with Crippen molar-refractivity contribution in [1.29, 1.82) is 0 Å². The van der Waals surface area contributed by atoms with E-state index in [-0.39, 0.29) is 30.1 Å². The van der Waals surface area contributed by atoms with Crippen molar-refractivity contribution >= 4 is 35.1 Å². The molecule has 2 unspecified atom stereocenters. The van der Waals surface area contributed by atoms with E-state index < -0.39 is 0 Å². The van der Waals surface area contributed by atoms with E-state index in [9.17, 15) is 9.59 Å². The second-order valence-corrected chi connectivity index (χ2v) is 8.77. The van der Waals surface area contributed by atoms with Gasteiger partial charge in [0.2, 0.25) is 5.91 Å². The number of hydrogen-bond acceptors (Lipinski definition) is 4. The first-order valence-corrected chi connectivity index (χ1v) is 10.6. The molecule has 0 bridgehead atoms. The van der Waals surface area contributed by atoms with Crippen LogP contribution in [0.4, 0.5) is 0 Å². The van der Waals surface area contributed by atoms with Gasteiger partial charge >= 0.3 is 0 Å². The van der Waals surface area contributed by atoms with Crippen LogP contribution in [0.5, 0.6) is 0 Å². The minimum absolute atomic E-state index is 0.0625. The molecule has 0 spiro atoms. The Morgan fingerprint density at radius 2 is 2.04 bits per heavy atom. The molecule has 2 heterocycles. The van der Waals surface area contributed by atoms with Crippen molar-refractivity contribution < 1.29 is 9.59 Å². The van der Waals surface area contributed by atoms with Crippen LogP contribution in [-0.2, 0) is 4.79 Å². The summed E-state index contributed by atoms with van der Waals surface area (Å²) in [5.74, 6) is 1.79. The van der Waals surface area contributed by atoms with E-state index in [1.165, 1.54) is 12.8 Å². The van der Waals surface area contributed by atoms with Gasteiger partial charge < -0.3 is 9.80 Å². The molecule has 25 heavy (non-hydrogen) atoms. The minimum Gasteiger partial charge on any atom is -0.336 e. The Morgan fingerprint density at radius 3 is 2.84 bits per heavy atom. The molecule has 1 amide bonds. The largest absolute Gasteiger partial charge is 0.336 e. The third-order valence-corrected chi connectivity index (χ3v) is 6.88. The number of likely N-dealkylation sites (tertiary alicyclic amines) is 1. The predicted molar refractivity (Wildman–Crippen MR) is 102 cm³/mol. The van der Waals surface area contributed by atoms with Gasteiger partial charge in [-0.3, -0.25) is 9.59 Å². The van der Waals surface area contributed by atoms with Gasteiger partial charge in [0, 0.05) is 41.6 Å². The number of amides is 1. The van der Waals surface area contributed by atoms with Gasteiger partial charge in [-0.2, -0.15) is 11.8 Å². The quantitative estimate of drug-likeness (QED) is 0.810. The van der Waals surface area contributed by atoms with Crippen molar-refractivity contribution in [2.45, 2.75) is 31.2 Å². The molecule has 2 aliphatic heterocycles. The molecule has 2 atom stereocenters. The Morgan fingerprint density at radius 1 is 1.24 bits per heavy atom. The second kappa shape index (κ2) is 7.29. The van der Waals surface area contributed by atoms with E-state index in [0.717, 1.165) is 43.2 Å². The van der Waals surface area contributed by atoms with Crippen LogP contribution in [0.3, 0.4) is 0 Å². The number of rotatable bonds is 3. The van der Waals surface area contributed by atoms with Crippen molar-refractivity contribution in [2.75, 3.05) is 37.7 Å². The number of carbonyl (C=O) groups excluding carboxylic acids is 2. The van der Waals surface area contributed by atoms with Gasteiger partial charge in [-0.1, -0.05) is 11.6 Å². The molecule has 134 valence electrons. The number of Topliss-reactive ketones (excluding diaryl/α,β-unsaturated/α-hetero) is 1. The molecule has 0 radical (unpaired) electrons. The number of carbonyl (C=O) groups is 2. The lowest BCUT2D eigenvalue weighted by Gasteiger charge is -2.39. The summed E-state index contributed by atoms with van der Waals surface area (Å²) in [7, 11) is 0. The molecule has 1 aromatic carbocycles. The summed E-state index contributed by atoms with van der Waals surface area (Å²) in [5.41, 5.74) is 1.49. The Labute approximate surface area is 157 Å². The SMILES string of the molecule is O=C1CC(C(=O)N2CCSCC2CN2CCCC2)c2cc(Cl)ccc21. The predicted octanol–water partition coefficient (Wildman–Crippen LogP) is 3.05. The molecule has 6 heteroatoms. The third kappa shape index (κ3) is 3.46. The van der Waals surface area contributed by atoms with Gasteiger partial charge in [0.25, 0.3) is 0 Å². The van der Waals surface area contributed by atoms with Crippen LogP contribution in [0.15, 0.2) is 18.2 Å². The van der Waals surface area contributed by atoms with Gasteiger partial charge in [0.15, 0.2) is 5.78 Å². The molecular formula is C19H23ClN2O2S. The topological polar surface area (TPSA) is 40.6 Å². The standard InChI is InChI=1S/C19H23ClN2O2S/c20-13-3-4-15-16(9-13)17(10-18(15)23)19(24)22-7-8-25-12-14(22)11-21-5-1-2-6-21/h3-4,9,14,17H,1-2,5-8,10-12H2. The Bertz CT molecular complexity index is 690. The lowest BCUT2D eigenvalue weighted by molar-refractivity contribution is -0.134. The molecule has 2 fully saturated rings. The molecule has 0 aromatic heterocycles. The highest BCUT2D eigenvalue weighted by molar-refractivity contribution is 7.99. The van der Waals surface area contributed by atoms with Crippen LogP contribution < -0.4 is 0 Å². The van der Waals surface area contributed by atoms with E-state index in [4.69, 9.17) is 11.6 Å². The first kappa shape index (κ1) is 17.4. The van der Waals surface area contributed by atoms with Crippen LogP contribution >= 0.6 is 23.4 Å². The molecule has 0 saturated carbocycles. The maximum absolute atomic E-state index is 13.3. The summed E-state index contributed by atoms with van der Waals surface area (Å²) < 4.78 is 0. The summed E-state index contributed by atoms with van der Waals surface area (Å²) in [6, 6.07) is 5.56. The maximum atomic E-state index is 13.3. The molecule has 1 aliphatic carbocycles. The molecule has 0 N–H and O–H groups in total. The Balaban J connectivity index is 1.55. The van der Waals surface area contributed by atoms with Gasteiger partial charge in [-0.25, -0.2) is 0 Å².